The third-order valence-electron chi connectivity index (χ3n) is 3.89. The zero-order valence-corrected chi connectivity index (χ0v) is 13.0. The number of imidazole rings is 1. The molecular weight excluding hydrogens is 278 g/mol. The third-order valence-corrected chi connectivity index (χ3v) is 5.78. The summed E-state index contributed by atoms with van der Waals surface area (Å²) in [5.74, 6) is 0.850. The lowest BCUT2D eigenvalue weighted by Crippen LogP contribution is -2.46. The van der Waals surface area contributed by atoms with Gasteiger partial charge in [0.15, 0.2) is 5.03 Å². The first-order valence-corrected chi connectivity index (χ1v) is 8.47. The topological polar surface area (TPSA) is 86.3 Å². The Balaban J connectivity index is 2.27. The molecule has 2 N–H and O–H groups in total. The molecule has 2 unspecified atom stereocenters. The Morgan fingerprint density at radius 1 is 1.50 bits per heavy atom. The summed E-state index contributed by atoms with van der Waals surface area (Å²) in [6, 6.07) is -0.0476. The second-order valence-corrected chi connectivity index (χ2v) is 7.70. The van der Waals surface area contributed by atoms with Crippen molar-refractivity contribution in [3.05, 3.63) is 12.0 Å². The average Bonchev–Trinajstić information content (AvgIpc) is 2.89. The molecule has 0 amide bonds. The van der Waals surface area contributed by atoms with Gasteiger partial charge in [-0.05, 0) is 25.7 Å². The minimum atomic E-state index is -3.56. The largest absolute Gasteiger partial charge is 0.396 e. The Morgan fingerprint density at radius 3 is 2.75 bits per heavy atom. The molecule has 2 atom stereocenters. The Bertz CT molecular complexity index is 553. The van der Waals surface area contributed by atoms with Gasteiger partial charge in [0.2, 0.25) is 0 Å². The van der Waals surface area contributed by atoms with Crippen molar-refractivity contribution in [2.75, 3.05) is 13.2 Å². The first kappa shape index (κ1) is 15.5. The van der Waals surface area contributed by atoms with Gasteiger partial charge in [-0.1, -0.05) is 13.8 Å². The molecule has 0 spiro atoms. The second kappa shape index (κ2) is 5.83. The molecule has 1 saturated heterocycles. The van der Waals surface area contributed by atoms with Crippen molar-refractivity contribution >= 4 is 10.0 Å². The van der Waals surface area contributed by atoms with Crippen LogP contribution in [-0.4, -0.2) is 47.0 Å². The van der Waals surface area contributed by atoms with Gasteiger partial charge in [0.25, 0.3) is 10.0 Å². The molecule has 2 heterocycles. The van der Waals surface area contributed by atoms with Crippen LogP contribution in [0.3, 0.4) is 0 Å². The van der Waals surface area contributed by atoms with Gasteiger partial charge in [-0.15, -0.1) is 0 Å². The molecule has 1 fully saturated rings. The van der Waals surface area contributed by atoms with Crippen LogP contribution >= 0.6 is 0 Å². The van der Waals surface area contributed by atoms with Crippen molar-refractivity contribution in [1.29, 1.82) is 0 Å². The van der Waals surface area contributed by atoms with Crippen LogP contribution < -0.4 is 0 Å². The highest BCUT2D eigenvalue weighted by molar-refractivity contribution is 7.89. The summed E-state index contributed by atoms with van der Waals surface area (Å²) in [6.45, 7) is 6.22. The van der Waals surface area contributed by atoms with Crippen LogP contribution in [0.4, 0.5) is 0 Å². The highest BCUT2D eigenvalue weighted by Gasteiger charge is 2.35. The Labute approximate surface area is 120 Å². The lowest BCUT2D eigenvalue weighted by Gasteiger charge is -2.35. The van der Waals surface area contributed by atoms with E-state index in [2.05, 4.69) is 9.97 Å². The van der Waals surface area contributed by atoms with E-state index in [-0.39, 0.29) is 29.5 Å². The molecule has 1 aliphatic rings. The standard InChI is InChI=1S/C13H23N3O3S/c1-9(2)13-14-6-12(15-13)20(18,19)16-7-11(8-17)5-4-10(16)3/h6,9-11,17H,4-5,7-8H2,1-3H3,(H,14,15). The van der Waals surface area contributed by atoms with Gasteiger partial charge in [0, 0.05) is 25.1 Å². The molecule has 0 radical (unpaired) electrons. The summed E-state index contributed by atoms with van der Waals surface area (Å²) in [6.07, 6.45) is 3.03. The number of aromatic amines is 1. The fourth-order valence-corrected chi connectivity index (χ4v) is 4.16. The maximum Gasteiger partial charge on any atom is 0.260 e. The highest BCUT2D eigenvalue weighted by Crippen LogP contribution is 2.27. The van der Waals surface area contributed by atoms with Gasteiger partial charge in [-0.3, -0.25) is 0 Å². The molecule has 114 valence electrons. The minimum absolute atomic E-state index is 0.0217. The van der Waals surface area contributed by atoms with E-state index in [0.717, 1.165) is 12.8 Å². The van der Waals surface area contributed by atoms with Crippen LogP contribution in [-0.2, 0) is 10.0 Å². The monoisotopic (exact) mass is 301 g/mol. The fraction of sp³-hybridized carbons (Fsp3) is 0.769. The van der Waals surface area contributed by atoms with Crippen molar-refractivity contribution in [3.8, 4) is 0 Å². The molecule has 0 bridgehead atoms. The zero-order valence-electron chi connectivity index (χ0n) is 12.2. The summed E-state index contributed by atoms with van der Waals surface area (Å²) in [7, 11) is -3.56. The summed E-state index contributed by atoms with van der Waals surface area (Å²) >= 11 is 0. The number of hydrogen-bond donors (Lipinski definition) is 2. The highest BCUT2D eigenvalue weighted by atomic mass is 32.2. The van der Waals surface area contributed by atoms with E-state index in [1.807, 2.05) is 20.8 Å². The maximum atomic E-state index is 12.7. The Kier molecular flexibility index (Phi) is 4.51. The molecule has 1 aromatic rings. The van der Waals surface area contributed by atoms with Crippen LogP contribution in [0.15, 0.2) is 11.2 Å². The number of aliphatic hydroxyl groups is 1. The van der Waals surface area contributed by atoms with Crippen molar-refractivity contribution < 1.29 is 13.5 Å². The molecule has 1 aliphatic heterocycles. The summed E-state index contributed by atoms with van der Waals surface area (Å²) < 4.78 is 26.8. The van der Waals surface area contributed by atoms with E-state index >= 15 is 0 Å². The number of aliphatic hydroxyl groups excluding tert-OH is 1. The second-order valence-electron chi connectivity index (χ2n) is 5.84. The van der Waals surface area contributed by atoms with Crippen molar-refractivity contribution in [2.24, 2.45) is 5.92 Å². The molecule has 0 saturated carbocycles. The quantitative estimate of drug-likeness (QED) is 0.878. The van der Waals surface area contributed by atoms with Crippen LogP contribution in [0, 0.1) is 5.92 Å². The van der Waals surface area contributed by atoms with E-state index < -0.39 is 10.0 Å². The molecule has 2 rings (SSSR count). The van der Waals surface area contributed by atoms with Crippen LogP contribution in [0.5, 0.6) is 0 Å². The normalized spacial score (nSPS) is 25.2. The first-order valence-electron chi connectivity index (χ1n) is 7.03. The van der Waals surface area contributed by atoms with Crippen LogP contribution in [0.25, 0.3) is 0 Å². The lowest BCUT2D eigenvalue weighted by atomic mass is 9.96. The van der Waals surface area contributed by atoms with E-state index in [4.69, 9.17) is 0 Å². The van der Waals surface area contributed by atoms with Gasteiger partial charge in [-0.2, -0.15) is 4.31 Å². The van der Waals surface area contributed by atoms with Crippen molar-refractivity contribution in [1.82, 2.24) is 14.3 Å². The van der Waals surface area contributed by atoms with Gasteiger partial charge >= 0.3 is 0 Å². The van der Waals surface area contributed by atoms with Crippen LogP contribution in [0.1, 0.15) is 45.4 Å². The Morgan fingerprint density at radius 2 is 2.20 bits per heavy atom. The molecular formula is C13H23N3O3S. The molecule has 1 aromatic heterocycles. The summed E-state index contributed by atoms with van der Waals surface area (Å²) in [5.41, 5.74) is 0. The third kappa shape index (κ3) is 2.89. The number of nitrogens with one attached hydrogen (secondary N) is 1. The van der Waals surface area contributed by atoms with Gasteiger partial charge in [0.05, 0.1) is 6.20 Å². The number of sulfonamides is 1. The maximum absolute atomic E-state index is 12.7. The van der Waals surface area contributed by atoms with Crippen molar-refractivity contribution in [3.63, 3.8) is 0 Å². The van der Waals surface area contributed by atoms with Gasteiger partial charge < -0.3 is 10.1 Å². The SMILES string of the molecule is CC(C)c1ncc(S(=O)(=O)N2CC(CO)CCC2C)[nH]1. The number of aromatic nitrogens is 2. The predicted molar refractivity (Wildman–Crippen MR) is 75.8 cm³/mol. The first-order chi connectivity index (χ1) is 9.36. The number of nitrogens with zero attached hydrogens (tertiary/aromatic N) is 2. The Hall–Kier alpha value is -0.920. The number of hydrogen-bond acceptors (Lipinski definition) is 4. The molecule has 0 aromatic carbocycles. The van der Waals surface area contributed by atoms with E-state index in [9.17, 15) is 13.5 Å². The zero-order chi connectivity index (χ0) is 14.9. The summed E-state index contributed by atoms with van der Waals surface area (Å²) in [5, 5.41) is 9.41. The number of H-pyrrole nitrogens is 1. The number of piperidine rings is 1. The van der Waals surface area contributed by atoms with E-state index in [0.29, 0.717) is 12.4 Å². The molecule has 7 heteroatoms. The van der Waals surface area contributed by atoms with Crippen molar-refractivity contribution in [2.45, 2.75) is 50.6 Å². The molecule has 20 heavy (non-hydrogen) atoms. The number of rotatable bonds is 4. The van der Waals surface area contributed by atoms with E-state index in [1.165, 1.54) is 10.5 Å². The fourth-order valence-electron chi connectivity index (χ4n) is 2.50. The van der Waals surface area contributed by atoms with E-state index in [1.54, 1.807) is 0 Å². The average molecular weight is 301 g/mol. The minimum Gasteiger partial charge on any atom is -0.396 e. The smallest absolute Gasteiger partial charge is 0.260 e. The molecule has 0 aliphatic carbocycles. The van der Waals surface area contributed by atoms with Gasteiger partial charge in [-0.25, -0.2) is 13.4 Å². The van der Waals surface area contributed by atoms with Gasteiger partial charge in [0.1, 0.15) is 5.82 Å². The lowest BCUT2D eigenvalue weighted by molar-refractivity contribution is 0.139. The molecule has 6 nitrogen and oxygen atoms in total. The summed E-state index contributed by atoms with van der Waals surface area (Å²) in [4.78, 5) is 7.03. The predicted octanol–water partition coefficient (Wildman–Crippen LogP) is 1.31. The van der Waals surface area contributed by atoms with Crippen LogP contribution in [0.2, 0.25) is 0 Å².